The molecule has 0 aliphatic carbocycles. The standard InChI is InChI=1S/C21H40N2O4/c1-7-19(24)22-11-17(5)13-26-15-21(9-3,10-4)16-27-14-18(6)12-23-20(25)8-2/h7-8,17-19,22,24H,1-2,9-16H2,3-6H3,(H,23,25). The lowest BCUT2D eigenvalue weighted by atomic mass is 9.84. The van der Waals surface area contributed by atoms with E-state index in [1.165, 1.54) is 12.2 Å². The lowest BCUT2D eigenvalue weighted by Gasteiger charge is -2.32. The smallest absolute Gasteiger partial charge is 0.243 e. The molecule has 0 radical (unpaired) electrons. The Kier molecular flexibility index (Phi) is 14.1. The summed E-state index contributed by atoms with van der Waals surface area (Å²) in [4.78, 5) is 11.2. The van der Waals surface area contributed by atoms with Crippen LogP contribution < -0.4 is 10.6 Å². The molecule has 0 saturated carbocycles. The predicted molar refractivity (Wildman–Crippen MR) is 110 cm³/mol. The van der Waals surface area contributed by atoms with Crippen molar-refractivity contribution in [2.45, 2.75) is 46.8 Å². The summed E-state index contributed by atoms with van der Waals surface area (Å²) in [6.07, 6.45) is 4.02. The molecule has 158 valence electrons. The van der Waals surface area contributed by atoms with Crippen molar-refractivity contribution in [2.24, 2.45) is 17.3 Å². The summed E-state index contributed by atoms with van der Waals surface area (Å²) < 4.78 is 11.9. The molecule has 0 aromatic rings. The number of aliphatic hydroxyl groups is 1. The minimum atomic E-state index is -0.676. The molecule has 0 fully saturated rings. The number of rotatable bonds is 17. The number of amides is 1. The maximum absolute atomic E-state index is 11.2. The molecule has 6 nitrogen and oxygen atoms in total. The SMILES string of the molecule is C=CC(=O)NCC(C)COCC(CC)(CC)COCC(C)CNC(O)C=C. The highest BCUT2D eigenvalue weighted by atomic mass is 16.5. The van der Waals surface area contributed by atoms with E-state index in [0.717, 1.165) is 12.8 Å². The molecule has 3 atom stereocenters. The molecule has 6 heteroatoms. The van der Waals surface area contributed by atoms with Crippen LogP contribution in [0.3, 0.4) is 0 Å². The highest BCUT2D eigenvalue weighted by Gasteiger charge is 2.27. The van der Waals surface area contributed by atoms with Gasteiger partial charge in [-0.3, -0.25) is 10.1 Å². The fourth-order valence-electron chi connectivity index (χ4n) is 2.52. The maximum Gasteiger partial charge on any atom is 0.243 e. The molecule has 0 aliphatic heterocycles. The zero-order chi connectivity index (χ0) is 20.7. The fourth-order valence-corrected chi connectivity index (χ4v) is 2.52. The van der Waals surface area contributed by atoms with Gasteiger partial charge >= 0.3 is 0 Å². The van der Waals surface area contributed by atoms with Gasteiger partial charge in [0.1, 0.15) is 6.23 Å². The van der Waals surface area contributed by atoms with Crippen molar-refractivity contribution in [3.63, 3.8) is 0 Å². The van der Waals surface area contributed by atoms with Crippen LogP contribution in [0, 0.1) is 17.3 Å². The largest absolute Gasteiger partial charge is 0.380 e. The Morgan fingerprint density at radius 2 is 1.59 bits per heavy atom. The molecule has 0 heterocycles. The molecular formula is C21H40N2O4. The summed E-state index contributed by atoms with van der Waals surface area (Å²) in [5, 5.41) is 15.2. The van der Waals surface area contributed by atoms with Crippen LogP contribution in [0.5, 0.6) is 0 Å². The number of ether oxygens (including phenoxy) is 2. The second-order valence-corrected chi connectivity index (χ2v) is 7.49. The van der Waals surface area contributed by atoms with Crippen molar-refractivity contribution < 1.29 is 19.4 Å². The zero-order valence-corrected chi connectivity index (χ0v) is 17.6. The fraction of sp³-hybridized carbons (Fsp3) is 0.762. The van der Waals surface area contributed by atoms with Gasteiger partial charge in [0.15, 0.2) is 0 Å². The number of nitrogens with one attached hydrogen (secondary N) is 2. The first-order valence-corrected chi connectivity index (χ1v) is 9.92. The molecule has 0 spiro atoms. The van der Waals surface area contributed by atoms with E-state index >= 15 is 0 Å². The van der Waals surface area contributed by atoms with Crippen molar-refractivity contribution >= 4 is 5.91 Å². The molecule has 3 unspecified atom stereocenters. The minimum Gasteiger partial charge on any atom is -0.380 e. The Balaban J connectivity index is 4.21. The Morgan fingerprint density at radius 3 is 2.04 bits per heavy atom. The van der Waals surface area contributed by atoms with Crippen molar-refractivity contribution in [3.8, 4) is 0 Å². The Bertz CT molecular complexity index is 424. The van der Waals surface area contributed by atoms with Crippen LogP contribution in [0.25, 0.3) is 0 Å². The van der Waals surface area contributed by atoms with Gasteiger partial charge in [0.2, 0.25) is 5.91 Å². The van der Waals surface area contributed by atoms with Crippen LogP contribution in [-0.4, -0.2) is 56.8 Å². The average Bonchev–Trinajstić information content (AvgIpc) is 2.68. The van der Waals surface area contributed by atoms with Crippen LogP contribution in [0.1, 0.15) is 40.5 Å². The van der Waals surface area contributed by atoms with Crippen LogP contribution >= 0.6 is 0 Å². The summed E-state index contributed by atoms with van der Waals surface area (Å²) in [5.74, 6) is 0.375. The molecule has 0 rings (SSSR count). The van der Waals surface area contributed by atoms with E-state index in [-0.39, 0.29) is 17.2 Å². The summed E-state index contributed by atoms with van der Waals surface area (Å²) >= 11 is 0. The molecule has 1 amide bonds. The second kappa shape index (κ2) is 14.8. The van der Waals surface area contributed by atoms with Crippen molar-refractivity contribution in [3.05, 3.63) is 25.3 Å². The van der Waals surface area contributed by atoms with Gasteiger partial charge < -0.3 is 19.9 Å². The molecule has 0 saturated heterocycles. The van der Waals surface area contributed by atoms with Gasteiger partial charge in [-0.2, -0.15) is 0 Å². The lowest BCUT2D eigenvalue weighted by Crippen LogP contribution is -2.35. The quantitative estimate of drug-likeness (QED) is 0.204. The van der Waals surface area contributed by atoms with Crippen molar-refractivity contribution in [1.29, 1.82) is 0 Å². The molecule has 0 bridgehead atoms. The number of carbonyl (C=O) groups excluding carboxylic acids is 1. The minimum absolute atomic E-state index is 0.00212. The van der Waals surface area contributed by atoms with Crippen molar-refractivity contribution in [2.75, 3.05) is 39.5 Å². The van der Waals surface area contributed by atoms with Crippen LogP contribution in [0.4, 0.5) is 0 Å². The second-order valence-electron chi connectivity index (χ2n) is 7.49. The van der Waals surface area contributed by atoms with Crippen LogP contribution in [0.2, 0.25) is 0 Å². The van der Waals surface area contributed by atoms with Crippen molar-refractivity contribution in [1.82, 2.24) is 10.6 Å². The summed E-state index contributed by atoms with van der Waals surface area (Å²) in [7, 11) is 0. The summed E-state index contributed by atoms with van der Waals surface area (Å²) in [6, 6.07) is 0. The highest BCUT2D eigenvalue weighted by molar-refractivity contribution is 5.86. The topological polar surface area (TPSA) is 79.8 Å². The summed E-state index contributed by atoms with van der Waals surface area (Å²) in [6.45, 7) is 19.2. The maximum atomic E-state index is 11.2. The number of aliphatic hydroxyl groups excluding tert-OH is 1. The van der Waals surface area contributed by atoms with E-state index < -0.39 is 6.23 Å². The molecule has 3 N–H and O–H groups in total. The van der Waals surface area contributed by atoms with E-state index in [2.05, 4.69) is 44.6 Å². The van der Waals surface area contributed by atoms with E-state index in [9.17, 15) is 9.90 Å². The third kappa shape index (κ3) is 12.0. The predicted octanol–water partition coefficient (Wildman–Crippen LogP) is 2.49. The van der Waals surface area contributed by atoms with Gasteiger partial charge in [0.05, 0.1) is 26.4 Å². The molecule has 0 aliphatic rings. The Hall–Kier alpha value is -1.21. The Morgan fingerprint density at radius 1 is 1.07 bits per heavy atom. The first-order chi connectivity index (χ1) is 12.8. The monoisotopic (exact) mass is 384 g/mol. The van der Waals surface area contributed by atoms with E-state index in [1.807, 2.05) is 6.92 Å². The number of hydrogen-bond donors (Lipinski definition) is 3. The Labute approximate surface area is 165 Å². The average molecular weight is 385 g/mol. The first-order valence-electron chi connectivity index (χ1n) is 9.92. The number of carbonyl (C=O) groups is 1. The van der Waals surface area contributed by atoms with Gasteiger partial charge in [-0.25, -0.2) is 0 Å². The van der Waals surface area contributed by atoms with E-state index in [1.54, 1.807) is 0 Å². The normalized spacial score (nSPS) is 15.0. The summed E-state index contributed by atoms with van der Waals surface area (Å²) in [5.41, 5.74) is -0.00212. The molecule has 27 heavy (non-hydrogen) atoms. The third-order valence-electron chi connectivity index (χ3n) is 4.83. The molecule has 0 aromatic carbocycles. The first kappa shape index (κ1) is 25.8. The van der Waals surface area contributed by atoms with Gasteiger partial charge in [0, 0.05) is 18.5 Å². The lowest BCUT2D eigenvalue weighted by molar-refractivity contribution is -0.116. The molecule has 0 aromatic heterocycles. The third-order valence-corrected chi connectivity index (χ3v) is 4.83. The van der Waals surface area contributed by atoms with Gasteiger partial charge in [-0.15, -0.1) is 0 Å². The van der Waals surface area contributed by atoms with Gasteiger partial charge in [0.25, 0.3) is 0 Å². The van der Waals surface area contributed by atoms with E-state index in [0.29, 0.717) is 45.4 Å². The van der Waals surface area contributed by atoms with Crippen LogP contribution in [0.15, 0.2) is 25.3 Å². The van der Waals surface area contributed by atoms with Gasteiger partial charge in [-0.05, 0) is 36.8 Å². The zero-order valence-electron chi connectivity index (χ0n) is 17.6. The van der Waals surface area contributed by atoms with E-state index in [4.69, 9.17) is 9.47 Å². The molecular weight excluding hydrogens is 344 g/mol. The number of hydrogen-bond acceptors (Lipinski definition) is 5. The van der Waals surface area contributed by atoms with Gasteiger partial charge in [-0.1, -0.05) is 40.9 Å². The van der Waals surface area contributed by atoms with Crippen LogP contribution in [-0.2, 0) is 14.3 Å². The highest BCUT2D eigenvalue weighted by Crippen LogP contribution is 2.27.